The van der Waals surface area contributed by atoms with Crippen molar-refractivity contribution in [3.8, 4) is 0 Å². The van der Waals surface area contributed by atoms with E-state index in [1.165, 1.54) is 6.92 Å². The average Bonchev–Trinajstić information content (AvgIpc) is 2.42. The Kier molecular flexibility index (Phi) is 6.13. The SMILES string of the molecule is CC(C)COC(=O)[C@H](C)Nc1cc(C(F)(F)F)cc(C(F)(F)F)c1. The number of anilines is 1. The third-order valence-corrected chi connectivity index (χ3v) is 2.88. The fraction of sp³-hybridized carbons (Fsp3) is 0.533. The van der Waals surface area contributed by atoms with Gasteiger partial charge in [0.25, 0.3) is 0 Å². The van der Waals surface area contributed by atoms with Crippen molar-refractivity contribution in [2.75, 3.05) is 11.9 Å². The quantitative estimate of drug-likeness (QED) is 0.612. The number of halogens is 6. The lowest BCUT2D eigenvalue weighted by Crippen LogP contribution is -2.29. The molecule has 0 spiro atoms. The second-order valence-corrected chi connectivity index (χ2v) is 5.68. The van der Waals surface area contributed by atoms with E-state index in [0.29, 0.717) is 12.1 Å². The fourth-order valence-electron chi connectivity index (χ4n) is 1.72. The maximum absolute atomic E-state index is 12.8. The van der Waals surface area contributed by atoms with Crippen LogP contribution in [-0.2, 0) is 21.9 Å². The van der Waals surface area contributed by atoms with Crippen molar-refractivity contribution < 1.29 is 35.9 Å². The molecule has 0 saturated carbocycles. The number of carbonyl (C=O) groups is 1. The van der Waals surface area contributed by atoms with Gasteiger partial charge in [0.15, 0.2) is 0 Å². The Labute approximate surface area is 135 Å². The van der Waals surface area contributed by atoms with E-state index in [-0.39, 0.29) is 18.6 Å². The van der Waals surface area contributed by atoms with Crippen molar-refractivity contribution in [1.29, 1.82) is 0 Å². The van der Waals surface area contributed by atoms with Crippen LogP contribution in [0.3, 0.4) is 0 Å². The van der Waals surface area contributed by atoms with E-state index < -0.39 is 41.2 Å². The second kappa shape index (κ2) is 7.31. The van der Waals surface area contributed by atoms with Gasteiger partial charge in [0.2, 0.25) is 0 Å². The van der Waals surface area contributed by atoms with Crippen LogP contribution in [0, 0.1) is 5.92 Å². The predicted octanol–water partition coefficient (Wildman–Crippen LogP) is 4.72. The van der Waals surface area contributed by atoms with E-state index in [1.807, 2.05) is 0 Å². The molecule has 0 bridgehead atoms. The van der Waals surface area contributed by atoms with Crippen LogP contribution in [0.25, 0.3) is 0 Å². The van der Waals surface area contributed by atoms with Crippen molar-refractivity contribution in [3.05, 3.63) is 29.3 Å². The molecule has 0 fully saturated rings. The summed E-state index contributed by atoms with van der Waals surface area (Å²) in [7, 11) is 0. The molecule has 0 heterocycles. The molecule has 0 aliphatic carbocycles. The van der Waals surface area contributed by atoms with Gasteiger partial charge in [0.05, 0.1) is 17.7 Å². The van der Waals surface area contributed by atoms with Gasteiger partial charge in [-0.25, -0.2) is 4.79 Å². The number of benzene rings is 1. The van der Waals surface area contributed by atoms with Crippen molar-refractivity contribution >= 4 is 11.7 Å². The van der Waals surface area contributed by atoms with Crippen LogP contribution in [-0.4, -0.2) is 18.6 Å². The molecule has 0 aromatic heterocycles. The zero-order chi connectivity index (χ0) is 18.7. The Morgan fingerprint density at radius 1 is 1.00 bits per heavy atom. The minimum absolute atomic E-state index is 0.0208. The summed E-state index contributed by atoms with van der Waals surface area (Å²) < 4.78 is 81.4. The highest BCUT2D eigenvalue weighted by Gasteiger charge is 2.37. The van der Waals surface area contributed by atoms with Gasteiger partial charge in [-0.05, 0) is 31.0 Å². The molecular weight excluding hydrogens is 340 g/mol. The highest BCUT2D eigenvalue weighted by atomic mass is 19.4. The number of hydrogen-bond acceptors (Lipinski definition) is 3. The molecule has 24 heavy (non-hydrogen) atoms. The molecule has 1 rings (SSSR count). The van der Waals surface area contributed by atoms with Gasteiger partial charge in [-0.15, -0.1) is 0 Å². The average molecular weight is 357 g/mol. The summed E-state index contributed by atoms with van der Waals surface area (Å²) in [5.41, 5.74) is -3.38. The van der Waals surface area contributed by atoms with Gasteiger partial charge in [-0.3, -0.25) is 0 Å². The summed E-state index contributed by atoms with van der Waals surface area (Å²) in [4.78, 5) is 11.7. The van der Waals surface area contributed by atoms with Crippen LogP contribution in [0.15, 0.2) is 18.2 Å². The maximum Gasteiger partial charge on any atom is 0.416 e. The Hall–Kier alpha value is -1.93. The summed E-state index contributed by atoms with van der Waals surface area (Å²) in [5, 5.41) is 2.32. The first-order chi connectivity index (χ1) is 10.8. The topological polar surface area (TPSA) is 38.3 Å². The Bertz CT molecular complexity index is 548. The number of alkyl halides is 6. The van der Waals surface area contributed by atoms with Gasteiger partial charge in [0, 0.05) is 5.69 Å². The van der Waals surface area contributed by atoms with Crippen LogP contribution < -0.4 is 5.32 Å². The minimum Gasteiger partial charge on any atom is -0.464 e. The molecule has 0 amide bonds. The summed E-state index contributed by atoms with van der Waals surface area (Å²) >= 11 is 0. The minimum atomic E-state index is -4.95. The Morgan fingerprint density at radius 2 is 1.46 bits per heavy atom. The molecule has 0 aliphatic heterocycles. The summed E-state index contributed by atoms with van der Waals surface area (Å²) in [6, 6.07) is -0.0520. The number of carbonyl (C=O) groups excluding carboxylic acids is 1. The molecule has 1 aromatic carbocycles. The molecule has 3 nitrogen and oxygen atoms in total. The molecule has 1 atom stereocenters. The zero-order valence-corrected chi connectivity index (χ0v) is 13.2. The van der Waals surface area contributed by atoms with Crippen LogP contribution >= 0.6 is 0 Å². The normalized spacial score (nSPS) is 13.8. The van der Waals surface area contributed by atoms with Crippen LogP contribution in [0.1, 0.15) is 31.9 Å². The highest BCUT2D eigenvalue weighted by Crippen LogP contribution is 2.37. The summed E-state index contributed by atoms with van der Waals surface area (Å²) in [6.07, 6.45) is -9.89. The summed E-state index contributed by atoms with van der Waals surface area (Å²) in [6.45, 7) is 4.96. The first kappa shape index (κ1) is 20.1. The van der Waals surface area contributed by atoms with Gasteiger partial charge >= 0.3 is 18.3 Å². The molecular formula is C15H17F6NO2. The van der Waals surface area contributed by atoms with E-state index >= 15 is 0 Å². The molecule has 0 radical (unpaired) electrons. The lowest BCUT2D eigenvalue weighted by Gasteiger charge is -2.18. The number of nitrogens with one attached hydrogen (secondary N) is 1. The number of rotatable bonds is 5. The van der Waals surface area contributed by atoms with E-state index in [0.717, 1.165) is 0 Å². The molecule has 136 valence electrons. The predicted molar refractivity (Wildman–Crippen MR) is 75.3 cm³/mol. The first-order valence-corrected chi connectivity index (χ1v) is 7.03. The monoisotopic (exact) mass is 357 g/mol. The van der Waals surface area contributed by atoms with Gasteiger partial charge < -0.3 is 10.1 Å². The largest absolute Gasteiger partial charge is 0.464 e. The third kappa shape index (κ3) is 5.93. The van der Waals surface area contributed by atoms with E-state index in [9.17, 15) is 31.1 Å². The number of ether oxygens (including phenoxy) is 1. The Morgan fingerprint density at radius 3 is 1.83 bits per heavy atom. The van der Waals surface area contributed by atoms with Gasteiger partial charge in [-0.2, -0.15) is 26.3 Å². The van der Waals surface area contributed by atoms with Crippen molar-refractivity contribution in [2.45, 2.75) is 39.2 Å². The fourth-order valence-corrected chi connectivity index (χ4v) is 1.72. The molecule has 0 saturated heterocycles. The smallest absolute Gasteiger partial charge is 0.416 e. The lowest BCUT2D eigenvalue weighted by atomic mass is 10.1. The van der Waals surface area contributed by atoms with E-state index in [1.54, 1.807) is 13.8 Å². The molecule has 9 heteroatoms. The van der Waals surface area contributed by atoms with E-state index in [4.69, 9.17) is 4.74 Å². The molecule has 1 N–H and O–H groups in total. The number of esters is 1. The molecule has 0 aliphatic rings. The van der Waals surface area contributed by atoms with Crippen LogP contribution in [0.4, 0.5) is 32.0 Å². The summed E-state index contributed by atoms with van der Waals surface area (Å²) in [5.74, 6) is -0.721. The molecule has 0 unspecified atom stereocenters. The molecule has 1 aromatic rings. The third-order valence-electron chi connectivity index (χ3n) is 2.88. The van der Waals surface area contributed by atoms with Gasteiger partial charge in [0.1, 0.15) is 6.04 Å². The van der Waals surface area contributed by atoms with Crippen molar-refractivity contribution in [2.24, 2.45) is 5.92 Å². The lowest BCUT2D eigenvalue weighted by molar-refractivity contribution is -0.145. The number of hydrogen-bond donors (Lipinski definition) is 1. The standard InChI is InChI=1S/C15H17F6NO2/c1-8(2)7-24-13(23)9(3)22-12-5-10(14(16,17)18)4-11(6-12)15(19,20)21/h4-6,8-9,22H,7H2,1-3H3/t9-/m0/s1. The zero-order valence-electron chi connectivity index (χ0n) is 13.2. The van der Waals surface area contributed by atoms with Crippen LogP contribution in [0.5, 0.6) is 0 Å². The van der Waals surface area contributed by atoms with E-state index in [2.05, 4.69) is 5.32 Å². The second-order valence-electron chi connectivity index (χ2n) is 5.68. The van der Waals surface area contributed by atoms with Crippen molar-refractivity contribution in [1.82, 2.24) is 0 Å². The van der Waals surface area contributed by atoms with Crippen molar-refractivity contribution in [3.63, 3.8) is 0 Å². The Balaban J connectivity index is 3.04. The first-order valence-electron chi connectivity index (χ1n) is 7.03. The van der Waals surface area contributed by atoms with Gasteiger partial charge in [-0.1, -0.05) is 13.8 Å². The maximum atomic E-state index is 12.8. The highest BCUT2D eigenvalue weighted by molar-refractivity contribution is 5.79. The van der Waals surface area contributed by atoms with Crippen LogP contribution in [0.2, 0.25) is 0 Å².